The lowest BCUT2D eigenvalue weighted by atomic mass is 9.61. The molecule has 4 rings (SSSR count). The Bertz CT molecular complexity index is 1080. The number of nitrogens with two attached hydrogens (primary N) is 1. The van der Waals surface area contributed by atoms with Crippen LogP contribution < -0.4 is 5.73 Å². The normalized spacial score (nSPS) is 24.0. The fraction of sp³-hybridized carbons (Fsp3) is 0.581. The second-order valence-electron chi connectivity index (χ2n) is 12.0. The summed E-state index contributed by atoms with van der Waals surface area (Å²) in [4.78, 5) is 12.1. The van der Waals surface area contributed by atoms with Crippen LogP contribution in [0, 0.1) is 23.7 Å². The Balaban J connectivity index is 1.77. The molecule has 2 aromatic rings. The number of hydrogen-bond acceptors (Lipinski definition) is 1. The zero-order valence-electron chi connectivity index (χ0n) is 22.0. The molecule has 0 heterocycles. The molecule has 0 spiro atoms. The highest BCUT2D eigenvalue weighted by Crippen LogP contribution is 2.59. The van der Waals surface area contributed by atoms with Gasteiger partial charge in [-0.2, -0.15) is 0 Å². The van der Waals surface area contributed by atoms with Crippen LogP contribution in [0.4, 0.5) is 0 Å². The molecule has 2 aliphatic carbocycles. The Hall–Kier alpha value is -1.80. The van der Waals surface area contributed by atoms with Crippen molar-refractivity contribution in [3.63, 3.8) is 0 Å². The van der Waals surface area contributed by atoms with Gasteiger partial charge in [-0.1, -0.05) is 78.3 Å². The van der Waals surface area contributed by atoms with Gasteiger partial charge in [0.15, 0.2) is 0 Å². The zero-order valence-corrected chi connectivity index (χ0v) is 22.8. The first-order valence-corrected chi connectivity index (χ1v) is 13.6. The summed E-state index contributed by atoms with van der Waals surface area (Å²) in [5, 5.41) is 0.927. The molecule has 0 bridgehead atoms. The maximum Gasteiger partial charge on any atom is 0.248 e. The lowest BCUT2D eigenvalue weighted by Gasteiger charge is -2.43. The van der Waals surface area contributed by atoms with Crippen molar-refractivity contribution >= 4 is 17.5 Å². The Morgan fingerprint density at radius 2 is 1.62 bits per heavy atom. The number of amides is 1. The highest BCUT2D eigenvalue weighted by molar-refractivity contribution is 6.31. The Morgan fingerprint density at radius 1 is 0.971 bits per heavy atom. The van der Waals surface area contributed by atoms with Crippen molar-refractivity contribution in [3.05, 3.63) is 69.2 Å². The van der Waals surface area contributed by atoms with E-state index in [1.807, 2.05) is 12.1 Å². The van der Waals surface area contributed by atoms with Gasteiger partial charge in [-0.15, -0.1) is 0 Å². The minimum Gasteiger partial charge on any atom is -0.366 e. The molecule has 3 heteroatoms. The fourth-order valence-corrected chi connectivity index (χ4v) is 8.37. The highest BCUT2D eigenvalue weighted by Gasteiger charge is 2.51. The lowest BCUT2D eigenvalue weighted by Crippen LogP contribution is -2.38. The van der Waals surface area contributed by atoms with Crippen molar-refractivity contribution in [3.8, 4) is 0 Å². The second kappa shape index (κ2) is 9.01. The smallest absolute Gasteiger partial charge is 0.248 e. The van der Waals surface area contributed by atoms with Crippen molar-refractivity contribution in [1.82, 2.24) is 0 Å². The summed E-state index contributed by atoms with van der Waals surface area (Å²) in [6.07, 6.45) is 4.53. The van der Waals surface area contributed by atoms with Gasteiger partial charge in [0, 0.05) is 21.4 Å². The van der Waals surface area contributed by atoms with Gasteiger partial charge in [0.2, 0.25) is 5.91 Å². The van der Waals surface area contributed by atoms with Crippen LogP contribution in [-0.4, -0.2) is 5.91 Å². The average Bonchev–Trinajstić information content (AvgIpc) is 3.32. The molecule has 3 unspecified atom stereocenters. The number of hydrogen-bond donors (Lipinski definition) is 1. The molecule has 1 amide bonds. The van der Waals surface area contributed by atoms with Gasteiger partial charge in [-0.25, -0.2) is 0 Å². The molecule has 3 atom stereocenters. The van der Waals surface area contributed by atoms with Crippen LogP contribution in [0.1, 0.15) is 106 Å². The number of halogens is 1. The van der Waals surface area contributed by atoms with E-state index in [1.54, 1.807) is 0 Å². The van der Waals surface area contributed by atoms with E-state index in [0.29, 0.717) is 35.2 Å². The van der Waals surface area contributed by atoms with Crippen LogP contribution in [-0.2, 0) is 17.3 Å². The molecule has 34 heavy (non-hydrogen) atoms. The van der Waals surface area contributed by atoms with E-state index in [4.69, 9.17) is 17.3 Å². The standard InChI is InChI=1S/C31H42ClNO/c1-18(2)30(14-13-25-26(30)9-8-10-28(25)32)21(7)15-23-17-31(19(3)4,20(5)6)27-16-22(29(33)34)11-12-24(23)27/h8-12,16,18-21,23H,13-15,17H2,1-7H3,(H2,33,34). The first-order valence-electron chi connectivity index (χ1n) is 13.2. The summed E-state index contributed by atoms with van der Waals surface area (Å²) in [7, 11) is 0. The molecule has 2 nitrogen and oxygen atoms in total. The average molecular weight is 480 g/mol. The molecular weight excluding hydrogens is 438 g/mol. The zero-order chi connectivity index (χ0) is 25.0. The number of carbonyl (C=O) groups is 1. The third kappa shape index (κ3) is 3.63. The number of primary amides is 1. The van der Waals surface area contributed by atoms with Gasteiger partial charge in [0.1, 0.15) is 0 Å². The minimum absolute atomic E-state index is 0.0626. The van der Waals surface area contributed by atoms with E-state index in [2.05, 4.69) is 72.7 Å². The Kier molecular flexibility index (Phi) is 6.70. The van der Waals surface area contributed by atoms with Gasteiger partial charge < -0.3 is 5.73 Å². The van der Waals surface area contributed by atoms with Crippen molar-refractivity contribution in [1.29, 1.82) is 0 Å². The van der Waals surface area contributed by atoms with Crippen molar-refractivity contribution in [2.75, 3.05) is 0 Å². The van der Waals surface area contributed by atoms with Crippen LogP contribution in [0.5, 0.6) is 0 Å². The van der Waals surface area contributed by atoms with Crippen molar-refractivity contribution in [2.24, 2.45) is 29.4 Å². The van der Waals surface area contributed by atoms with Gasteiger partial charge in [0.05, 0.1) is 0 Å². The topological polar surface area (TPSA) is 43.1 Å². The van der Waals surface area contributed by atoms with Crippen LogP contribution in [0.15, 0.2) is 36.4 Å². The number of benzene rings is 2. The molecule has 2 N–H and O–H groups in total. The molecule has 2 aliphatic rings. The molecule has 184 valence electrons. The fourth-order valence-electron chi connectivity index (χ4n) is 8.10. The largest absolute Gasteiger partial charge is 0.366 e. The first kappa shape index (κ1) is 25.3. The molecule has 0 aromatic heterocycles. The van der Waals surface area contributed by atoms with E-state index < -0.39 is 0 Å². The third-order valence-corrected chi connectivity index (χ3v) is 10.2. The van der Waals surface area contributed by atoms with E-state index in [1.165, 1.54) is 28.7 Å². The van der Waals surface area contributed by atoms with Gasteiger partial charge in [-0.05, 0) is 95.7 Å². The number of carbonyl (C=O) groups excluding carboxylic acids is 1. The SMILES string of the molecule is CC(C)C1(C(C)C)CC(CC(C)C2(C(C)C)CCc3c(Cl)cccc32)c2ccc(C(N)=O)cc21. The predicted molar refractivity (Wildman–Crippen MR) is 144 cm³/mol. The maximum atomic E-state index is 12.1. The van der Waals surface area contributed by atoms with Crippen molar-refractivity contribution in [2.45, 2.75) is 90.9 Å². The summed E-state index contributed by atoms with van der Waals surface area (Å²) in [6, 6.07) is 12.8. The summed E-state index contributed by atoms with van der Waals surface area (Å²) in [5.41, 5.74) is 12.2. The minimum atomic E-state index is -0.334. The van der Waals surface area contributed by atoms with Crippen LogP contribution >= 0.6 is 11.6 Å². The van der Waals surface area contributed by atoms with Gasteiger partial charge >= 0.3 is 0 Å². The summed E-state index contributed by atoms with van der Waals surface area (Å²) in [5.74, 6) is 2.19. The molecule has 0 aliphatic heterocycles. The van der Waals surface area contributed by atoms with Crippen molar-refractivity contribution < 1.29 is 4.79 Å². The molecular formula is C31H42ClNO. The van der Waals surface area contributed by atoms with E-state index in [9.17, 15) is 4.79 Å². The predicted octanol–water partition coefficient (Wildman–Crippen LogP) is 8.04. The van der Waals surface area contributed by atoms with E-state index >= 15 is 0 Å². The lowest BCUT2D eigenvalue weighted by molar-refractivity contribution is 0.1000. The van der Waals surface area contributed by atoms with Gasteiger partial charge in [0.25, 0.3) is 0 Å². The second-order valence-corrected chi connectivity index (χ2v) is 12.4. The number of rotatable bonds is 7. The van der Waals surface area contributed by atoms with E-state index in [0.717, 1.165) is 24.3 Å². The maximum absolute atomic E-state index is 12.1. The molecule has 2 aromatic carbocycles. The van der Waals surface area contributed by atoms with Crippen LogP contribution in [0.25, 0.3) is 0 Å². The quantitative estimate of drug-likeness (QED) is 0.428. The molecule has 0 radical (unpaired) electrons. The molecule has 0 saturated carbocycles. The summed E-state index contributed by atoms with van der Waals surface area (Å²) >= 11 is 6.65. The van der Waals surface area contributed by atoms with E-state index in [-0.39, 0.29) is 16.7 Å². The Morgan fingerprint density at radius 3 is 2.21 bits per heavy atom. The highest BCUT2D eigenvalue weighted by atomic mass is 35.5. The van der Waals surface area contributed by atoms with Crippen LogP contribution in [0.3, 0.4) is 0 Å². The molecule has 0 fully saturated rings. The third-order valence-electron chi connectivity index (χ3n) is 9.88. The summed E-state index contributed by atoms with van der Waals surface area (Å²) in [6.45, 7) is 16.6. The number of fused-ring (bicyclic) bond motifs is 2. The van der Waals surface area contributed by atoms with Gasteiger partial charge in [-0.3, -0.25) is 4.79 Å². The summed E-state index contributed by atoms with van der Waals surface area (Å²) < 4.78 is 0. The molecule has 0 saturated heterocycles. The Labute approximate surface area is 211 Å². The monoisotopic (exact) mass is 479 g/mol. The first-order chi connectivity index (χ1) is 16.0. The van der Waals surface area contributed by atoms with Crippen LogP contribution in [0.2, 0.25) is 5.02 Å².